The molecule has 0 fully saturated rings. The zero-order valence-corrected chi connectivity index (χ0v) is 14.4. The molecule has 0 atom stereocenters. The highest BCUT2D eigenvalue weighted by atomic mass is 35.5. The Labute approximate surface area is 145 Å². The van der Waals surface area contributed by atoms with Crippen LogP contribution in [0.4, 0.5) is 5.69 Å². The van der Waals surface area contributed by atoms with Crippen LogP contribution < -0.4 is 5.32 Å². The molecule has 2 aromatic rings. The number of nitrogens with one attached hydrogen (secondary N) is 1. The third kappa shape index (κ3) is 4.26. The smallest absolute Gasteiger partial charge is 0.338 e. The minimum Gasteiger partial charge on any atom is -0.508 e. The Hall–Kier alpha value is -2.53. The minimum atomic E-state index is -0.688. The van der Waals surface area contributed by atoms with E-state index in [0.717, 1.165) is 11.1 Å². The van der Waals surface area contributed by atoms with E-state index in [2.05, 4.69) is 5.32 Å². The van der Waals surface area contributed by atoms with Gasteiger partial charge in [0.1, 0.15) is 5.75 Å². The van der Waals surface area contributed by atoms with E-state index >= 15 is 0 Å². The van der Waals surface area contributed by atoms with E-state index in [1.54, 1.807) is 19.1 Å². The van der Waals surface area contributed by atoms with Crippen LogP contribution in [0.1, 0.15) is 27.0 Å². The number of benzene rings is 2. The van der Waals surface area contributed by atoms with Gasteiger partial charge in [-0.2, -0.15) is 0 Å². The zero-order valence-electron chi connectivity index (χ0n) is 13.6. The topological polar surface area (TPSA) is 75.6 Å². The molecule has 2 aromatic carbocycles. The van der Waals surface area contributed by atoms with Crippen molar-refractivity contribution in [2.24, 2.45) is 0 Å². The summed E-state index contributed by atoms with van der Waals surface area (Å²) in [6.07, 6.45) is 0. The lowest BCUT2D eigenvalue weighted by atomic mass is 10.1. The van der Waals surface area contributed by atoms with Gasteiger partial charge in [-0.25, -0.2) is 4.79 Å². The molecule has 6 heteroatoms. The largest absolute Gasteiger partial charge is 0.508 e. The van der Waals surface area contributed by atoms with Gasteiger partial charge in [-0.3, -0.25) is 4.79 Å². The van der Waals surface area contributed by atoms with Gasteiger partial charge in [0, 0.05) is 0 Å². The van der Waals surface area contributed by atoms with Gasteiger partial charge >= 0.3 is 5.97 Å². The van der Waals surface area contributed by atoms with Gasteiger partial charge < -0.3 is 15.2 Å². The first kappa shape index (κ1) is 17.8. The number of anilines is 1. The Kier molecular flexibility index (Phi) is 5.46. The third-order valence-corrected chi connectivity index (χ3v) is 3.77. The average Bonchev–Trinajstić information content (AvgIpc) is 2.51. The molecule has 2 N–H and O–H groups in total. The van der Waals surface area contributed by atoms with Crippen molar-refractivity contribution in [3.8, 4) is 5.75 Å². The number of amides is 1. The fraction of sp³-hybridized carbons (Fsp3) is 0.222. The van der Waals surface area contributed by atoms with Crippen LogP contribution in [0.5, 0.6) is 5.75 Å². The molecular weight excluding hydrogens is 330 g/mol. The second-order valence-corrected chi connectivity index (χ2v) is 5.97. The number of phenols is 1. The number of aromatic hydroxyl groups is 1. The summed E-state index contributed by atoms with van der Waals surface area (Å²) < 4.78 is 4.96. The van der Waals surface area contributed by atoms with Crippen LogP contribution in [0.15, 0.2) is 30.3 Å². The molecule has 0 aliphatic rings. The molecule has 126 valence electrons. The van der Waals surface area contributed by atoms with Crippen LogP contribution in [0.25, 0.3) is 0 Å². The summed E-state index contributed by atoms with van der Waals surface area (Å²) in [5, 5.41) is 12.7. The Bertz CT molecular complexity index is 779. The van der Waals surface area contributed by atoms with Crippen molar-refractivity contribution in [3.63, 3.8) is 0 Å². The van der Waals surface area contributed by atoms with E-state index in [1.165, 1.54) is 12.1 Å². The molecule has 0 spiro atoms. The molecule has 0 bridgehead atoms. The molecule has 0 saturated carbocycles. The molecule has 0 radical (unpaired) electrons. The Morgan fingerprint density at radius 1 is 1.12 bits per heavy atom. The van der Waals surface area contributed by atoms with E-state index in [-0.39, 0.29) is 11.3 Å². The van der Waals surface area contributed by atoms with Crippen LogP contribution in [-0.4, -0.2) is 23.6 Å². The monoisotopic (exact) mass is 347 g/mol. The van der Waals surface area contributed by atoms with Crippen molar-refractivity contribution < 1.29 is 19.4 Å². The first-order valence-electron chi connectivity index (χ1n) is 7.31. The number of carbonyl (C=O) groups is 2. The van der Waals surface area contributed by atoms with Crippen LogP contribution in [0.2, 0.25) is 5.02 Å². The fourth-order valence-electron chi connectivity index (χ4n) is 2.20. The van der Waals surface area contributed by atoms with Gasteiger partial charge in [0.2, 0.25) is 0 Å². The van der Waals surface area contributed by atoms with Crippen LogP contribution in [0.3, 0.4) is 0 Å². The number of esters is 1. The average molecular weight is 348 g/mol. The molecule has 0 heterocycles. The van der Waals surface area contributed by atoms with E-state index in [9.17, 15) is 14.7 Å². The van der Waals surface area contributed by atoms with Crippen molar-refractivity contribution in [3.05, 3.63) is 57.6 Å². The van der Waals surface area contributed by atoms with Crippen molar-refractivity contribution >= 4 is 29.2 Å². The first-order chi connectivity index (χ1) is 11.3. The highest BCUT2D eigenvalue weighted by Gasteiger charge is 2.14. The minimum absolute atomic E-state index is 0.00374. The van der Waals surface area contributed by atoms with Crippen LogP contribution in [-0.2, 0) is 9.53 Å². The summed E-state index contributed by atoms with van der Waals surface area (Å²) in [5.74, 6) is -1.18. The summed E-state index contributed by atoms with van der Waals surface area (Å²) in [6, 6.07) is 8.06. The van der Waals surface area contributed by atoms with E-state index in [1.807, 2.05) is 19.9 Å². The first-order valence-corrected chi connectivity index (χ1v) is 7.69. The number of ether oxygens (including phenoxy) is 1. The van der Waals surface area contributed by atoms with Gasteiger partial charge in [0.25, 0.3) is 5.91 Å². The molecular formula is C18H18ClNO4. The van der Waals surface area contributed by atoms with E-state index in [4.69, 9.17) is 16.3 Å². The van der Waals surface area contributed by atoms with E-state index < -0.39 is 18.5 Å². The lowest BCUT2D eigenvalue weighted by molar-refractivity contribution is -0.119. The maximum atomic E-state index is 12.0. The Morgan fingerprint density at radius 3 is 2.46 bits per heavy atom. The Morgan fingerprint density at radius 2 is 1.83 bits per heavy atom. The molecule has 0 aliphatic heterocycles. The van der Waals surface area contributed by atoms with Gasteiger partial charge in [0.05, 0.1) is 16.3 Å². The van der Waals surface area contributed by atoms with Gasteiger partial charge in [-0.1, -0.05) is 23.7 Å². The number of aryl methyl sites for hydroxylation is 3. The SMILES string of the molecule is Cc1cc(C)c(NC(=O)COC(=O)c2ccc(C)c(O)c2)c(Cl)c1. The molecule has 2 rings (SSSR count). The lowest BCUT2D eigenvalue weighted by Gasteiger charge is -2.12. The number of carbonyl (C=O) groups excluding carboxylic acids is 2. The van der Waals surface area contributed by atoms with Crippen molar-refractivity contribution in [2.45, 2.75) is 20.8 Å². The van der Waals surface area contributed by atoms with Gasteiger partial charge in [0.15, 0.2) is 6.61 Å². The molecule has 1 amide bonds. The lowest BCUT2D eigenvalue weighted by Crippen LogP contribution is -2.21. The highest BCUT2D eigenvalue weighted by molar-refractivity contribution is 6.34. The number of hydrogen-bond acceptors (Lipinski definition) is 4. The molecule has 0 saturated heterocycles. The molecule has 5 nitrogen and oxygen atoms in total. The maximum absolute atomic E-state index is 12.0. The van der Waals surface area contributed by atoms with Crippen molar-refractivity contribution in [1.82, 2.24) is 0 Å². The van der Waals surface area contributed by atoms with Crippen LogP contribution >= 0.6 is 11.6 Å². The quantitative estimate of drug-likeness (QED) is 0.825. The van der Waals surface area contributed by atoms with Crippen molar-refractivity contribution in [1.29, 1.82) is 0 Å². The second kappa shape index (κ2) is 7.36. The predicted molar refractivity (Wildman–Crippen MR) is 92.7 cm³/mol. The summed E-state index contributed by atoms with van der Waals surface area (Å²) in [7, 11) is 0. The molecule has 24 heavy (non-hydrogen) atoms. The summed E-state index contributed by atoms with van der Waals surface area (Å²) in [5.41, 5.74) is 3.13. The second-order valence-electron chi connectivity index (χ2n) is 5.56. The predicted octanol–water partition coefficient (Wildman–Crippen LogP) is 3.77. The molecule has 0 unspecified atom stereocenters. The number of halogens is 1. The molecule has 0 aromatic heterocycles. The summed E-state index contributed by atoms with van der Waals surface area (Å²) in [4.78, 5) is 23.9. The Balaban J connectivity index is 1.98. The third-order valence-electron chi connectivity index (χ3n) is 3.48. The highest BCUT2D eigenvalue weighted by Crippen LogP contribution is 2.27. The van der Waals surface area contributed by atoms with Crippen molar-refractivity contribution in [2.75, 3.05) is 11.9 Å². The number of rotatable bonds is 4. The number of phenolic OH excluding ortho intramolecular Hbond substituents is 1. The number of hydrogen-bond donors (Lipinski definition) is 2. The molecule has 0 aliphatic carbocycles. The normalized spacial score (nSPS) is 10.3. The zero-order chi connectivity index (χ0) is 17.9. The standard InChI is InChI=1S/C18H18ClNO4/c1-10-6-12(3)17(14(19)7-10)20-16(22)9-24-18(23)13-5-4-11(2)15(21)8-13/h4-8,21H,9H2,1-3H3,(H,20,22). The van der Waals surface area contributed by atoms with Gasteiger partial charge in [-0.05, 0) is 55.7 Å². The fourth-order valence-corrected chi connectivity index (χ4v) is 2.57. The maximum Gasteiger partial charge on any atom is 0.338 e. The summed E-state index contributed by atoms with van der Waals surface area (Å²) >= 11 is 6.12. The van der Waals surface area contributed by atoms with Gasteiger partial charge in [-0.15, -0.1) is 0 Å². The van der Waals surface area contributed by atoms with E-state index in [0.29, 0.717) is 16.3 Å². The van der Waals surface area contributed by atoms with Crippen LogP contribution in [0, 0.1) is 20.8 Å². The summed E-state index contributed by atoms with van der Waals surface area (Å²) in [6.45, 7) is 5.00.